The van der Waals surface area contributed by atoms with Crippen molar-refractivity contribution in [2.45, 2.75) is 0 Å². The Labute approximate surface area is 310 Å². The second-order valence-corrected chi connectivity index (χ2v) is 13.4. The summed E-state index contributed by atoms with van der Waals surface area (Å²) in [6.07, 6.45) is 5.53. The van der Waals surface area contributed by atoms with Gasteiger partial charge in [-0.3, -0.25) is 14.5 Å². The number of fused-ring (bicyclic) bond motifs is 5. The summed E-state index contributed by atoms with van der Waals surface area (Å²) in [5, 5.41) is 4.50. The van der Waals surface area contributed by atoms with Gasteiger partial charge in [0.25, 0.3) is 0 Å². The summed E-state index contributed by atoms with van der Waals surface area (Å²) < 4.78 is 2.18. The van der Waals surface area contributed by atoms with Crippen molar-refractivity contribution >= 4 is 49.9 Å². The van der Waals surface area contributed by atoms with Crippen molar-refractivity contribution in [2.75, 3.05) is 4.90 Å². The molecular formula is C47H29N7. The summed E-state index contributed by atoms with van der Waals surface area (Å²) >= 11 is 0. The average molecular weight is 692 g/mol. The van der Waals surface area contributed by atoms with E-state index < -0.39 is 0 Å². The second-order valence-electron chi connectivity index (χ2n) is 13.4. The Hall–Kier alpha value is -7.51. The molecular weight excluding hydrogens is 663 g/mol. The number of aromatic nitrogens is 6. The minimum atomic E-state index is 0.592. The van der Waals surface area contributed by atoms with Crippen molar-refractivity contribution in [3.63, 3.8) is 0 Å². The molecule has 0 spiro atoms. The maximum absolute atomic E-state index is 5.20. The van der Waals surface area contributed by atoms with E-state index in [4.69, 9.17) is 19.9 Å². The van der Waals surface area contributed by atoms with E-state index in [-0.39, 0.29) is 0 Å². The molecule has 11 rings (SSSR count). The van der Waals surface area contributed by atoms with Crippen LogP contribution < -0.4 is 4.90 Å². The van der Waals surface area contributed by atoms with Gasteiger partial charge in [0.15, 0.2) is 0 Å². The summed E-state index contributed by atoms with van der Waals surface area (Å²) in [6.45, 7) is 0. The van der Waals surface area contributed by atoms with Crippen LogP contribution in [0.25, 0.3) is 83.4 Å². The van der Waals surface area contributed by atoms with Crippen molar-refractivity contribution in [1.82, 2.24) is 29.5 Å². The van der Waals surface area contributed by atoms with Crippen LogP contribution in [-0.4, -0.2) is 29.5 Å². The van der Waals surface area contributed by atoms with Gasteiger partial charge < -0.3 is 0 Å². The van der Waals surface area contributed by atoms with Gasteiger partial charge in [0.05, 0.1) is 39.5 Å². The molecule has 0 aliphatic carbocycles. The van der Waals surface area contributed by atoms with E-state index in [1.54, 1.807) is 0 Å². The Bertz CT molecular complexity index is 3040. The van der Waals surface area contributed by atoms with Crippen LogP contribution in [0.3, 0.4) is 0 Å². The van der Waals surface area contributed by atoms with E-state index in [1.807, 2.05) is 85.3 Å². The largest absolute Gasteiger partial charge is 0.278 e. The lowest BCUT2D eigenvalue weighted by Crippen LogP contribution is -2.18. The number of rotatable bonds is 5. The van der Waals surface area contributed by atoms with Crippen molar-refractivity contribution in [1.29, 1.82) is 0 Å². The molecule has 54 heavy (non-hydrogen) atoms. The number of hydrogen-bond donors (Lipinski definition) is 0. The Morgan fingerprint density at radius 3 is 1.81 bits per heavy atom. The number of hydrogen-bond acceptors (Lipinski definition) is 6. The van der Waals surface area contributed by atoms with Crippen molar-refractivity contribution < 1.29 is 0 Å². The molecule has 0 unspecified atom stereocenters. The van der Waals surface area contributed by atoms with Gasteiger partial charge in [-0.05, 0) is 65.5 Å². The molecule has 1 aliphatic rings. The molecule has 0 fully saturated rings. The van der Waals surface area contributed by atoms with E-state index in [9.17, 15) is 0 Å². The molecule has 0 saturated carbocycles. The summed E-state index contributed by atoms with van der Waals surface area (Å²) in [7, 11) is 0. The zero-order valence-electron chi connectivity index (χ0n) is 28.9. The molecule has 0 saturated heterocycles. The predicted octanol–water partition coefficient (Wildman–Crippen LogP) is 11.4. The van der Waals surface area contributed by atoms with Gasteiger partial charge in [-0.15, -0.1) is 0 Å². The van der Waals surface area contributed by atoms with Crippen LogP contribution in [0, 0.1) is 0 Å². The lowest BCUT2D eigenvalue weighted by atomic mass is 9.90. The first-order valence-electron chi connectivity index (χ1n) is 17.9. The maximum Gasteiger partial charge on any atom is 0.235 e. The molecule has 4 aromatic heterocycles. The molecule has 5 heterocycles. The molecule has 0 amide bonds. The van der Waals surface area contributed by atoms with E-state index in [2.05, 4.69) is 105 Å². The molecule has 7 heteroatoms. The van der Waals surface area contributed by atoms with Gasteiger partial charge in [-0.2, -0.15) is 0 Å². The van der Waals surface area contributed by atoms with Crippen LogP contribution in [0.4, 0.5) is 17.3 Å². The van der Waals surface area contributed by atoms with Crippen LogP contribution in [0.15, 0.2) is 176 Å². The Morgan fingerprint density at radius 1 is 0.389 bits per heavy atom. The second kappa shape index (κ2) is 12.0. The minimum absolute atomic E-state index is 0.592. The quantitative estimate of drug-likeness (QED) is 0.179. The Balaban J connectivity index is 1.23. The van der Waals surface area contributed by atoms with Crippen molar-refractivity contribution in [2.24, 2.45) is 0 Å². The smallest absolute Gasteiger partial charge is 0.235 e. The number of pyridine rings is 1. The van der Waals surface area contributed by atoms with Gasteiger partial charge in [0, 0.05) is 57.0 Å². The number of anilines is 3. The van der Waals surface area contributed by atoms with Crippen LogP contribution in [0.2, 0.25) is 0 Å². The Kier molecular flexibility index (Phi) is 6.72. The highest BCUT2D eigenvalue weighted by Crippen LogP contribution is 2.52. The monoisotopic (exact) mass is 691 g/mol. The van der Waals surface area contributed by atoms with E-state index in [0.717, 1.165) is 83.3 Å². The topological polar surface area (TPSA) is 72.6 Å². The standard InChI is InChI=1S/C47H29N7/c1-3-11-30(12-4-1)39-22-25-49-46(51-39)53-41-21-20-33(38-18-7-8-24-48-38)27-35(41)37-28-36-34-17-9-15-32-16-10-19-42(45(32)34)54(43(36)29-44(37)53)47-50-26-23-40(52-47)31-13-5-2-6-14-31/h1-29H. The van der Waals surface area contributed by atoms with Crippen molar-refractivity contribution in [3.05, 3.63) is 176 Å². The van der Waals surface area contributed by atoms with Crippen LogP contribution >= 0.6 is 0 Å². The molecule has 0 atom stereocenters. The fraction of sp³-hybridized carbons (Fsp3) is 0. The highest BCUT2D eigenvalue weighted by Gasteiger charge is 2.30. The lowest BCUT2D eigenvalue weighted by molar-refractivity contribution is 0.991. The molecule has 6 aromatic carbocycles. The van der Waals surface area contributed by atoms with Gasteiger partial charge >= 0.3 is 0 Å². The van der Waals surface area contributed by atoms with Gasteiger partial charge in [-0.1, -0.05) is 103 Å². The Morgan fingerprint density at radius 2 is 1.07 bits per heavy atom. The SMILES string of the molecule is c1ccc(-c2ccnc(N3c4cc5c(cc4-c4cccc6cccc3c46)c3cc(-c4ccccn4)ccc3n5-c3nccc(-c4ccccc4)n3)n2)cc1. The molecule has 252 valence electrons. The first kappa shape index (κ1) is 30.1. The predicted molar refractivity (Wildman–Crippen MR) is 217 cm³/mol. The first-order valence-corrected chi connectivity index (χ1v) is 17.9. The highest BCUT2D eigenvalue weighted by molar-refractivity contribution is 6.19. The normalized spacial score (nSPS) is 12.0. The fourth-order valence-corrected chi connectivity index (χ4v) is 7.89. The minimum Gasteiger partial charge on any atom is -0.278 e. The van der Waals surface area contributed by atoms with Gasteiger partial charge in [-0.25, -0.2) is 19.9 Å². The van der Waals surface area contributed by atoms with Crippen LogP contribution in [0.1, 0.15) is 0 Å². The van der Waals surface area contributed by atoms with Gasteiger partial charge in [0.2, 0.25) is 11.9 Å². The zero-order chi connectivity index (χ0) is 35.6. The molecule has 7 nitrogen and oxygen atoms in total. The van der Waals surface area contributed by atoms with Crippen molar-refractivity contribution in [3.8, 4) is 50.8 Å². The number of nitrogens with zero attached hydrogens (tertiary/aromatic N) is 7. The van der Waals surface area contributed by atoms with Crippen LogP contribution in [0.5, 0.6) is 0 Å². The first-order chi connectivity index (χ1) is 26.8. The summed E-state index contributed by atoms with van der Waals surface area (Å²) in [5.74, 6) is 1.19. The number of benzene rings is 6. The molecule has 10 aromatic rings. The zero-order valence-corrected chi connectivity index (χ0v) is 28.9. The summed E-state index contributed by atoms with van der Waals surface area (Å²) in [5.41, 5.74) is 12.0. The van der Waals surface area contributed by atoms with E-state index in [0.29, 0.717) is 11.9 Å². The molecule has 0 N–H and O–H groups in total. The highest BCUT2D eigenvalue weighted by atomic mass is 15.3. The third-order valence-electron chi connectivity index (χ3n) is 10.3. The van der Waals surface area contributed by atoms with Gasteiger partial charge in [0.1, 0.15) is 0 Å². The molecule has 1 aliphatic heterocycles. The summed E-state index contributed by atoms with van der Waals surface area (Å²) in [4.78, 5) is 27.1. The van der Waals surface area contributed by atoms with Crippen LogP contribution in [-0.2, 0) is 0 Å². The summed E-state index contributed by atoms with van der Waals surface area (Å²) in [6, 6.07) is 54.5. The maximum atomic E-state index is 5.20. The third-order valence-corrected chi connectivity index (χ3v) is 10.3. The lowest BCUT2D eigenvalue weighted by Gasteiger charge is -2.32. The third kappa shape index (κ3) is 4.72. The van der Waals surface area contributed by atoms with E-state index in [1.165, 1.54) is 5.56 Å². The van der Waals surface area contributed by atoms with E-state index >= 15 is 0 Å². The fourth-order valence-electron chi connectivity index (χ4n) is 7.89. The molecule has 0 bridgehead atoms. The molecule has 0 radical (unpaired) electrons. The average Bonchev–Trinajstić information content (AvgIpc) is 3.57.